The van der Waals surface area contributed by atoms with Crippen LogP contribution in [0.1, 0.15) is 40.2 Å². The van der Waals surface area contributed by atoms with Crippen LogP contribution < -0.4 is 21.3 Å². The van der Waals surface area contributed by atoms with Crippen LogP contribution >= 0.6 is 11.3 Å². The molecule has 1 saturated heterocycles. The van der Waals surface area contributed by atoms with Crippen LogP contribution in [0.3, 0.4) is 0 Å². The Morgan fingerprint density at radius 1 is 1.15 bits per heavy atom. The standard InChI is InChI=1S/C21H21FN8O2S/c22-16-7-6-11(9-24-16)26-19(32)14-5-2-8-30(14)20-27-13-4-1-3-12(13)18(28-20)29-21-25-10-15(33-21)17(23)31/h6-7,9-10,14H,1-5,8H2,(H2,23,31)(H,26,32)(H,25,27,28,29). The molecule has 0 radical (unpaired) electrons. The summed E-state index contributed by atoms with van der Waals surface area (Å²) in [5, 5.41) is 6.52. The summed E-state index contributed by atoms with van der Waals surface area (Å²) in [6.07, 6.45) is 6.82. The number of nitrogens with two attached hydrogens (primary N) is 1. The van der Waals surface area contributed by atoms with Gasteiger partial charge in [-0.05, 0) is 44.2 Å². The molecule has 1 atom stereocenters. The van der Waals surface area contributed by atoms with Crippen molar-refractivity contribution in [3.05, 3.63) is 46.6 Å². The van der Waals surface area contributed by atoms with Gasteiger partial charge in [0.05, 0.1) is 23.8 Å². The highest BCUT2D eigenvalue weighted by Gasteiger charge is 2.34. The molecule has 0 aromatic carbocycles. The Hall–Kier alpha value is -3.67. The molecule has 1 aliphatic carbocycles. The third kappa shape index (κ3) is 4.33. The van der Waals surface area contributed by atoms with E-state index in [2.05, 4.69) is 20.6 Å². The van der Waals surface area contributed by atoms with Gasteiger partial charge in [-0.25, -0.2) is 15.0 Å². The lowest BCUT2D eigenvalue weighted by atomic mass is 10.2. The SMILES string of the molecule is NC(=O)c1cnc(Nc2nc(N3CCCC3C(=O)Nc3ccc(F)nc3)nc3c2CCC3)s1. The number of nitrogens with one attached hydrogen (secondary N) is 2. The van der Waals surface area contributed by atoms with E-state index in [9.17, 15) is 14.0 Å². The number of anilines is 4. The maximum Gasteiger partial charge on any atom is 0.260 e. The predicted molar refractivity (Wildman–Crippen MR) is 121 cm³/mol. The first kappa shape index (κ1) is 21.2. The van der Waals surface area contributed by atoms with Crippen molar-refractivity contribution in [1.29, 1.82) is 0 Å². The highest BCUT2D eigenvalue weighted by Crippen LogP contribution is 2.33. The van der Waals surface area contributed by atoms with Gasteiger partial charge in [0.25, 0.3) is 5.91 Å². The number of rotatable bonds is 6. The van der Waals surface area contributed by atoms with Crippen LogP contribution in [0.2, 0.25) is 0 Å². The van der Waals surface area contributed by atoms with Gasteiger partial charge in [0.1, 0.15) is 16.7 Å². The lowest BCUT2D eigenvalue weighted by Crippen LogP contribution is -2.40. The van der Waals surface area contributed by atoms with E-state index in [1.54, 1.807) is 0 Å². The summed E-state index contributed by atoms with van der Waals surface area (Å²) in [6.45, 7) is 0.640. The van der Waals surface area contributed by atoms with Crippen LogP contribution in [-0.4, -0.2) is 44.3 Å². The van der Waals surface area contributed by atoms with Crippen LogP contribution in [0.4, 0.5) is 27.0 Å². The molecular weight excluding hydrogens is 447 g/mol. The topological polar surface area (TPSA) is 139 Å². The van der Waals surface area contributed by atoms with Crippen LogP contribution in [0.5, 0.6) is 0 Å². The Labute approximate surface area is 192 Å². The molecule has 1 unspecified atom stereocenters. The fourth-order valence-electron chi connectivity index (χ4n) is 4.15. The summed E-state index contributed by atoms with van der Waals surface area (Å²) in [6, 6.07) is 2.22. The number of nitrogens with zero attached hydrogens (tertiary/aromatic N) is 5. The van der Waals surface area contributed by atoms with Gasteiger partial charge >= 0.3 is 0 Å². The number of pyridine rings is 1. The summed E-state index contributed by atoms with van der Waals surface area (Å²) >= 11 is 1.16. The predicted octanol–water partition coefficient (Wildman–Crippen LogP) is 2.41. The molecule has 1 aliphatic heterocycles. The molecule has 4 N–H and O–H groups in total. The molecule has 2 aliphatic rings. The quantitative estimate of drug-likeness (QED) is 0.469. The minimum absolute atomic E-state index is 0.217. The number of carbonyl (C=O) groups excluding carboxylic acids is 2. The fraction of sp³-hybridized carbons (Fsp3) is 0.333. The first-order valence-electron chi connectivity index (χ1n) is 10.6. The third-order valence-corrected chi connectivity index (χ3v) is 6.63. The fourth-order valence-corrected chi connectivity index (χ4v) is 4.82. The maximum atomic E-state index is 13.1. The molecule has 3 aromatic heterocycles. The van der Waals surface area contributed by atoms with Crippen molar-refractivity contribution in [2.75, 3.05) is 22.1 Å². The number of halogens is 1. The summed E-state index contributed by atoms with van der Waals surface area (Å²) in [7, 11) is 0. The van der Waals surface area contributed by atoms with E-state index < -0.39 is 17.9 Å². The number of carbonyl (C=O) groups is 2. The zero-order valence-electron chi connectivity index (χ0n) is 17.5. The minimum Gasteiger partial charge on any atom is -0.365 e. The van der Waals surface area contributed by atoms with Gasteiger partial charge in [-0.15, -0.1) is 0 Å². The van der Waals surface area contributed by atoms with Crippen LogP contribution in [-0.2, 0) is 17.6 Å². The Kier molecular flexibility index (Phi) is 5.58. The Bertz CT molecular complexity index is 1220. The van der Waals surface area contributed by atoms with E-state index in [-0.39, 0.29) is 5.91 Å². The monoisotopic (exact) mass is 468 g/mol. The molecule has 3 aromatic rings. The highest BCUT2D eigenvalue weighted by atomic mass is 32.1. The largest absolute Gasteiger partial charge is 0.365 e. The lowest BCUT2D eigenvalue weighted by Gasteiger charge is -2.25. The third-order valence-electron chi connectivity index (χ3n) is 5.70. The number of hydrogen-bond acceptors (Lipinski definition) is 9. The van der Waals surface area contributed by atoms with Crippen molar-refractivity contribution in [3.63, 3.8) is 0 Å². The molecule has 5 rings (SSSR count). The number of aryl methyl sites for hydroxylation is 1. The number of aromatic nitrogens is 4. The average molecular weight is 469 g/mol. The van der Waals surface area contributed by atoms with Gasteiger partial charge in [-0.3, -0.25) is 9.59 Å². The first-order valence-corrected chi connectivity index (χ1v) is 11.4. The molecule has 1 fully saturated rings. The Morgan fingerprint density at radius 3 is 2.79 bits per heavy atom. The maximum absolute atomic E-state index is 13.1. The second kappa shape index (κ2) is 8.70. The van der Waals surface area contributed by atoms with Crippen molar-refractivity contribution in [1.82, 2.24) is 19.9 Å². The van der Waals surface area contributed by atoms with E-state index in [1.165, 1.54) is 24.5 Å². The van der Waals surface area contributed by atoms with Gasteiger partial charge in [0, 0.05) is 12.1 Å². The summed E-state index contributed by atoms with van der Waals surface area (Å²) < 4.78 is 13.1. The first-order chi connectivity index (χ1) is 16.0. The number of fused-ring (bicyclic) bond motifs is 1. The highest BCUT2D eigenvalue weighted by molar-refractivity contribution is 7.17. The van der Waals surface area contributed by atoms with Gasteiger partial charge in [0.2, 0.25) is 17.8 Å². The second-order valence-electron chi connectivity index (χ2n) is 7.88. The smallest absolute Gasteiger partial charge is 0.260 e. The summed E-state index contributed by atoms with van der Waals surface area (Å²) in [5.74, 6) is -0.251. The molecule has 4 heterocycles. The lowest BCUT2D eigenvalue weighted by molar-refractivity contribution is -0.117. The van der Waals surface area contributed by atoms with Crippen molar-refractivity contribution < 1.29 is 14.0 Å². The van der Waals surface area contributed by atoms with Crippen LogP contribution in [0, 0.1) is 5.95 Å². The van der Waals surface area contributed by atoms with E-state index in [4.69, 9.17) is 15.7 Å². The number of thiazole rings is 1. The zero-order valence-corrected chi connectivity index (χ0v) is 18.4. The minimum atomic E-state index is -0.606. The Morgan fingerprint density at radius 2 is 2.03 bits per heavy atom. The number of primary amides is 1. The van der Waals surface area contributed by atoms with E-state index in [1.807, 2.05) is 4.90 Å². The van der Waals surface area contributed by atoms with Crippen molar-refractivity contribution >= 4 is 45.7 Å². The molecule has 170 valence electrons. The van der Waals surface area contributed by atoms with E-state index >= 15 is 0 Å². The van der Waals surface area contributed by atoms with Gasteiger partial charge in [0.15, 0.2) is 5.13 Å². The zero-order chi connectivity index (χ0) is 22.9. The number of hydrogen-bond donors (Lipinski definition) is 3. The molecule has 12 heteroatoms. The summed E-state index contributed by atoms with van der Waals surface area (Å²) in [5.41, 5.74) is 7.73. The van der Waals surface area contributed by atoms with Gasteiger partial charge in [-0.2, -0.15) is 9.37 Å². The molecule has 0 bridgehead atoms. The van der Waals surface area contributed by atoms with Crippen molar-refractivity contribution in [3.8, 4) is 0 Å². The van der Waals surface area contributed by atoms with Crippen LogP contribution in [0.15, 0.2) is 24.5 Å². The van der Waals surface area contributed by atoms with Crippen LogP contribution in [0.25, 0.3) is 0 Å². The molecule has 0 spiro atoms. The van der Waals surface area contributed by atoms with Crippen molar-refractivity contribution in [2.24, 2.45) is 5.73 Å². The molecular formula is C21H21FN8O2S. The molecule has 2 amide bonds. The molecule has 33 heavy (non-hydrogen) atoms. The number of amides is 2. The molecule has 10 nitrogen and oxygen atoms in total. The average Bonchev–Trinajstić information content (AvgIpc) is 3.55. The van der Waals surface area contributed by atoms with E-state index in [0.29, 0.717) is 40.4 Å². The molecule has 0 saturated carbocycles. The van der Waals surface area contributed by atoms with Crippen molar-refractivity contribution in [2.45, 2.75) is 38.1 Å². The second-order valence-corrected chi connectivity index (χ2v) is 8.91. The van der Waals surface area contributed by atoms with Gasteiger partial charge in [-0.1, -0.05) is 11.3 Å². The Balaban J connectivity index is 1.40. The van der Waals surface area contributed by atoms with E-state index in [0.717, 1.165) is 48.3 Å². The summed E-state index contributed by atoms with van der Waals surface area (Å²) in [4.78, 5) is 43.9. The normalized spacial score (nSPS) is 17.1. The van der Waals surface area contributed by atoms with Gasteiger partial charge < -0.3 is 21.3 Å².